The molecule has 1 atom stereocenters. The summed E-state index contributed by atoms with van der Waals surface area (Å²) in [5.41, 5.74) is -1.76. The minimum absolute atomic E-state index is 0.113. The van der Waals surface area contributed by atoms with Gasteiger partial charge in [0.25, 0.3) is 0 Å². The topological polar surface area (TPSA) is 78.5 Å². The maximum atomic E-state index is 12.3. The Kier molecular flexibility index (Phi) is 4.74. The van der Waals surface area contributed by atoms with E-state index >= 15 is 0 Å². The van der Waals surface area contributed by atoms with Crippen molar-refractivity contribution < 1.29 is 4.74 Å². The van der Waals surface area contributed by atoms with Crippen LogP contribution in [0, 0.1) is 0 Å². The van der Waals surface area contributed by atoms with Gasteiger partial charge in [0.1, 0.15) is 0 Å². The highest BCUT2D eigenvalue weighted by molar-refractivity contribution is 4.88. The molecule has 0 radical (unpaired) electrons. The fraction of sp³-hybridized carbons (Fsp3) is 0.500. The van der Waals surface area contributed by atoms with Gasteiger partial charge in [-0.05, 0) is 13.8 Å². The summed E-state index contributed by atoms with van der Waals surface area (Å²) < 4.78 is 8.27. The van der Waals surface area contributed by atoms with Crippen LogP contribution in [0.3, 0.4) is 0 Å². The van der Waals surface area contributed by atoms with Crippen molar-refractivity contribution in [2.75, 3.05) is 6.61 Å². The van der Waals surface area contributed by atoms with Crippen molar-refractivity contribution in [2.24, 2.45) is 0 Å². The largest absolute Gasteiger partial charge is 0.371 e. The summed E-state index contributed by atoms with van der Waals surface area (Å²) in [4.78, 5) is 36.9. The molecular formula is C14H19N3O4. The molecule has 1 aromatic rings. The zero-order valence-electron chi connectivity index (χ0n) is 12.2. The Morgan fingerprint density at radius 1 is 0.952 bits per heavy atom. The maximum absolute atomic E-state index is 12.3. The lowest BCUT2D eigenvalue weighted by Crippen LogP contribution is -2.54. The Morgan fingerprint density at radius 3 is 1.76 bits per heavy atom. The molecule has 21 heavy (non-hydrogen) atoms. The summed E-state index contributed by atoms with van der Waals surface area (Å²) in [6.45, 7) is 4.62. The molecule has 7 heteroatoms. The molecule has 0 saturated carbocycles. The molecule has 1 aliphatic heterocycles. The van der Waals surface area contributed by atoms with Crippen molar-refractivity contribution in [3.8, 4) is 0 Å². The van der Waals surface area contributed by atoms with Gasteiger partial charge >= 0.3 is 17.1 Å². The lowest BCUT2D eigenvalue weighted by molar-refractivity contribution is 0.362. The van der Waals surface area contributed by atoms with Crippen LogP contribution >= 0.6 is 0 Å². The molecule has 1 unspecified atom stereocenters. The molecule has 0 spiro atoms. The Bertz CT molecular complexity index is 680. The third kappa shape index (κ3) is 3.30. The summed E-state index contributed by atoms with van der Waals surface area (Å²) >= 11 is 0. The number of rotatable bonds is 6. The number of hydrogen-bond donors (Lipinski definition) is 0. The summed E-state index contributed by atoms with van der Waals surface area (Å²) in [5, 5.41) is 0. The van der Waals surface area contributed by atoms with E-state index in [4.69, 9.17) is 4.74 Å². The van der Waals surface area contributed by atoms with E-state index in [1.807, 2.05) is 0 Å². The molecule has 1 aromatic heterocycles. The second kappa shape index (κ2) is 6.53. The molecule has 1 saturated heterocycles. The molecule has 0 bridgehead atoms. The predicted molar refractivity (Wildman–Crippen MR) is 78.6 cm³/mol. The molecule has 2 rings (SSSR count). The molecule has 1 fully saturated rings. The number of allylic oxidation sites excluding steroid dienone is 4. The SMILES string of the molecule is C/C=C/Cn1c(=O)n(C/C=C/C)c(=O)n(CC2CO2)c1=O. The number of hydrogen-bond acceptors (Lipinski definition) is 4. The van der Waals surface area contributed by atoms with Gasteiger partial charge in [-0.3, -0.25) is 0 Å². The Hall–Kier alpha value is -2.15. The molecule has 0 aliphatic carbocycles. The lowest BCUT2D eigenvalue weighted by Gasteiger charge is -2.11. The predicted octanol–water partition coefficient (Wildman–Crippen LogP) is -0.277. The van der Waals surface area contributed by atoms with Crippen LogP contribution in [0.5, 0.6) is 0 Å². The molecule has 114 valence electrons. The summed E-state index contributed by atoms with van der Waals surface area (Å²) in [6, 6.07) is 0. The van der Waals surface area contributed by atoms with E-state index in [1.165, 1.54) is 0 Å². The highest BCUT2D eigenvalue weighted by Gasteiger charge is 2.26. The quantitative estimate of drug-likeness (QED) is 0.534. The standard InChI is InChI=1S/C14H19N3O4/c1-3-5-7-15-12(18)16(8-6-4-2)14(20)17(13(15)19)9-11-10-21-11/h3-6,11H,7-10H2,1-2H3/b5-3+,6-4+. The minimum atomic E-state index is -0.589. The normalized spacial score (nSPS) is 17.9. The number of ether oxygens (including phenoxy) is 1. The third-order valence-corrected chi connectivity index (χ3v) is 3.22. The second-order valence-electron chi connectivity index (χ2n) is 4.77. The second-order valence-corrected chi connectivity index (χ2v) is 4.77. The van der Waals surface area contributed by atoms with Crippen LogP contribution in [-0.4, -0.2) is 26.4 Å². The Balaban J connectivity index is 2.60. The molecule has 0 amide bonds. The fourth-order valence-corrected chi connectivity index (χ4v) is 1.95. The van der Waals surface area contributed by atoms with Crippen LogP contribution in [0.25, 0.3) is 0 Å². The molecule has 1 aliphatic rings. The van der Waals surface area contributed by atoms with Crippen molar-refractivity contribution >= 4 is 0 Å². The average Bonchev–Trinajstić information content (AvgIpc) is 3.27. The van der Waals surface area contributed by atoms with Gasteiger partial charge in [-0.15, -0.1) is 0 Å². The number of aromatic nitrogens is 3. The van der Waals surface area contributed by atoms with Gasteiger partial charge in [0.2, 0.25) is 0 Å². The van der Waals surface area contributed by atoms with E-state index in [0.29, 0.717) is 6.61 Å². The van der Waals surface area contributed by atoms with Gasteiger partial charge in [-0.25, -0.2) is 28.1 Å². The van der Waals surface area contributed by atoms with Gasteiger partial charge < -0.3 is 4.74 Å². The zero-order valence-corrected chi connectivity index (χ0v) is 12.2. The van der Waals surface area contributed by atoms with E-state index in [0.717, 1.165) is 13.7 Å². The first-order chi connectivity index (χ1) is 10.1. The molecule has 7 nitrogen and oxygen atoms in total. The van der Waals surface area contributed by atoms with E-state index < -0.39 is 17.1 Å². The first-order valence-electron chi connectivity index (χ1n) is 6.88. The molecule has 0 N–H and O–H groups in total. The van der Waals surface area contributed by atoms with Crippen molar-refractivity contribution in [2.45, 2.75) is 39.6 Å². The lowest BCUT2D eigenvalue weighted by atomic mass is 10.4. The smallest absolute Gasteiger partial charge is 0.336 e. The molecular weight excluding hydrogens is 274 g/mol. The van der Waals surface area contributed by atoms with E-state index in [2.05, 4.69) is 0 Å². The van der Waals surface area contributed by atoms with Crippen LogP contribution in [0.4, 0.5) is 0 Å². The van der Waals surface area contributed by atoms with E-state index in [9.17, 15) is 14.4 Å². The maximum Gasteiger partial charge on any atom is 0.336 e. The van der Waals surface area contributed by atoms with E-state index in [1.54, 1.807) is 38.2 Å². The summed E-state index contributed by atoms with van der Waals surface area (Å²) in [5.74, 6) is 0. The van der Waals surface area contributed by atoms with Crippen LogP contribution in [-0.2, 0) is 24.4 Å². The minimum Gasteiger partial charge on any atom is -0.371 e. The average molecular weight is 293 g/mol. The first-order valence-corrected chi connectivity index (χ1v) is 6.88. The van der Waals surface area contributed by atoms with Crippen LogP contribution in [0.1, 0.15) is 13.8 Å². The van der Waals surface area contributed by atoms with Crippen LogP contribution < -0.4 is 17.1 Å². The third-order valence-electron chi connectivity index (χ3n) is 3.22. The first kappa shape index (κ1) is 15.2. The summed E-state index contributed by atoms with van der Waals surface area (Å²) in [6.07, 6.45) is 6.79. The molecule has 0 aromatic carbocycles. The van der Waals surface area contributed by atoms with Crippen molar-refractivity contribution in [3.63, 3.8) is 0 Å². The van der Waals surface area contributed by atoms with Crippen molar-refractivity contribution in [1.82, 2.24) is 13.7 Å². The van der Waals surface area contributed by atoms with Crippen molar-refractivity contribution in [1.29, 1.82) is 0 Å². The highest BCUT2D eigenvalue weighted by atomic mass is 16.6. The monoisotopic (exact) mass is 293 g/mol. The van der Waals surface area contributed by atoms with Gasteiger partial charge in [0.05, 0.1) is 32.3 Å². The number of epoxide rings is 1. The Morgan fingerprint density at radius 2 is 1.38 bits per heavy atom. The van der Waals surface area contributed by atoms with Gasteiger partial charge in [0.15, 0.2) is 0 Å². The molecule has 2 heterocycles. The summed E-state index contributed by atoms with van der Waals surface area (Å²) in [7, 11) is 0. The van der Waals surface area contributed by atoms with Crippen LogP contribution in [0.2, 0.25) is 0 Å². The number of nitrogens with zero attached hydrogens (tertiary/aromatic N) is 3. The van der Waals surface area contributed by atoms with E-state index in [-0.39, 0.29) is 25.7 Å². The van der Waals surface area contributed by atoms with Gasteiger partial charge in [0, 0.05) is 0 Å². The highest BCUT2D eigenvalue weighted by Crippen LogP contribution is 2.08. The zero-order chi connectivity index (χ0) is 15.4. The van der Waals surface area contributed by atoms with Gasteiger partial charge in [-0.1, -0.05) is 24.3 Å². The van der Waals surface area contributed by atoms with Crippen LogP contribution in [0.15, 0.2) is 38.7 Å². The fourth-order valence-electron chi connectivity index (χ4n) is 1.95. The van der Waals surface area contributed by atoms with Gasteiger partial charge in [-0.2, -0.15) is 0 Å². The van der Waals surface area contributed by atoms with Crippen molar-refractivity contribution in [3.05, 3.63) is 55.8 Å². The Labute approximate surface area is 121 Å².